The molecule has 0 heterocycles. The van der Waals surface area contributed by atoms with Crippen LogP contribution in [-0.4, -0.2) is 23.2 Å². The summed E-state index contributed by atoms with van der Waals surface area (Å²) in [6.07, 6.45) is 2.85. The van der Waals surface area contributed by atoms with Crippen molar-refractivity contribution in [3.63, 3.8) is 0 Å². The molecule has 4 rings (SSSR count). The quantitative estimate of drug-likeness (QED) is 0.0664. The fraction of sp³-hybridized carbons (Fsp3) is 0.200. The molecule has 0 saturated carbocycles. The van der Waals surface area contributed by atoms with Crippen molar-refractivity contribution in [1.82, 2.24) is 0 Å². The summed E-state index contributed by atoms with van der Waals surface area (Å²) in [4.78, 5) is 46.1. The zero-order valence-electron chi connectivity index (χ0n) is 24.0. The summed E-state index contributed by atoms with van der Waals surface area (Å²) in [6, 6.07) is 30.8. The summed E-state index contributed by atoms with van der Waals surface area (Å²) >= 11 is 3.09. The molecule has 0 fully saturated rings. The van der Waals surface area contributed by atoms with Crippen LogP contribution in [0.25, 0.3) is 0 Å². The van der Waals surface area contributed by atoms with Gasteiger partial charge in [0.15, 0.2) is 11.6 Å². The number of nitrogens with zero attached hydrogens (tertiary/aromatic N) is 1. The van der Waals surface area contributed by atoms with E-state index in [-0.39, 0.29) is 11.6 Å². The Kier molecular flexibility index (Phi) is 11.3. The number of benzene rings is 4. The lowest BCUT2D eigenvalue weighted by Crippen LogP contribution is -2.07. The molecule has 0 amide bonds. The van der Waals surface area contributed by atoms with Gasteiger partial charge in [0.25, 0.3) is 0 Å². The van der Waals surface area contributed by atoms with Gasteiger partial charge in [0.2, 0.25) is 0 Å². The van der Waals surface area contributed by atoms with Crippen molar-refractivity contribution >= 4 is 46.8 Å². The molecule has 214 valence electrons. The maximum atomic E-state index is 13.8. The van der Waals surface area contributed by atoms with Crippen LogP contribution in [-0.2, 0) is 9.63 Å². The Morgan fingerprint density at radius 3 is 1.83 bits per heavy atom. The molecule has 0 spiro atoms. The SMILES string of the molecule is CCCC(=O)c1ccc(Sc2ccc(C(=O)c3ccc(C(CCC)=NOC(C)=O)cc3Sc3ccccc3)cc2)cc1. The van der Waals surface area contributed by atoms with E-state index in [9.17, 15) is 14.4 Å². The van der Waals surface area contributed by atoms with Gasteiger partial charge in [0.1, 0.15) is 0 Å². The van der Waals surface area contributed by atoms with Crippen LogP contribution < -0.4 is 0 Å². The first kappa shape index (κ1) is 31.0. The van der Waals surface area contributed by atoms with Gasteiger partial charge in [0.05, 0.1) is 5.71 Å². The van der Waals surface area contributed by atoms with Crippen LogP contribution in [0.3, 0.4) is 0 Å². The van der Waals surface area contributed by atoms with E-state index >= 15 is 0 Å². The van der Waals surface area contributed by atoms with Crippen LogP contribution in [0.5, 0.6) is 0 Å². The second kappa shape index (κ2) is 15.3. The van der Waals surface area contributed by atoms with Gasteiger partial charge < -0.3 is 4.84 Å². The number of carbonyl (C=O) groups excluding carboxylic acids is 3. The van der Waals surface area contributed by atoms with Gasteiger partial charge >= 0.3 is 5.97 Å². The van der Waals surface area contributed by atoms with E-state index < -0.39 is 5.97 Å². The summed E-state index contributed by atoms with van der Waals surface area (Å²) in [6.45, 7) is 5.36. The van der Waals surface area contributed by atoms with Crippen molar-refractivity contribution in [2.45, 2.75) is 66.0 Å². The number of rotatable bonds is 13. The van der Waals surface area contributed by atoms with E-state index in [0.29, 0.717) is 29.7 Å². The highest BCUT2D eigenvalue weighted by Crippen LogP contribution is 2.34. The lowest BCUT2D eigenvalue weighted by atomic mass is 9.99. The number of carbonyl (C=O) groups is 3. The largest absolute Gasteiger partial charge is 0.331 e. The van der Waals surface area contributed by atoms with Crippen LogP contribution in [0.1, 0.15) is 78.3 Å². The highest BCUT2D eigenvalue weighted by atomic mass is 32.2. The van der Waals surface area contributed by atoms with Crippen LogP contribution in [0.15, 0.2) is 122 Å². The highest BCUT2D eigenvalue weighted by Gasteiger charge is 2.18. The number of Topliss-reactive ketones (excluding diaryl/α,β-unsaturated/α-hetero) is 1. The molecule has 0 aromatic heterocycles. The van der Waals surface area contributed by atoms with Gasteiger partial charge in [-0.15, -0.1) is 0 Å². The van der Waals surface area contributed by atoms with Gasteiger partial charge in [-0.25, -0.2) is 4.79 Å². The summed E-state index contributed by atoms with van der Waals surface area (Å²) in [5, 5.41) is 4.08. The second-order valence-corrected chi connectivity index (χ2v) is 11.9. The van der Waals surface area contributed by atoms with E-state index in [0.717, 1.165) is 43.6 Å². The van der Waals surface area contributed by atoms with Crippen molar-refractivity contribution in [2.24, 2.45) is 5.16 Å². The first-order valence-electron chi connectivity index (χ1n) is 14.0. The third-order valence-corrected chi connectivity index (χ3v) is 8.39. The average molecular weight is 596 g/mol. The zero-order valence-corrected chi connectivity index (χ0v) is 25.6. The highest BCUT2D eigenvalue weighted by molar-refractivity contribution is 7.99. The van der Waals surface area contributed by atoms with E-state index in [1.807, 2.05) is 111 Å². The Morgan fingerprint density at radius 2 is 1.24 bits per heavy atom. The lowest BCUT2D eigenvalue weighted by molar-refractivity contribution is -0.140. The lowest BCUT2D eigenvalue weighted by Gasteiger charge is -2.13. The minimum atomic E-state index is -0.477. The maximum Gasteiger partial charge on any atom is 0.331 e. The second-order valence-electron chi connectivity index (χ2n) is 9.65. The monoisotopic (exact) mass is 595 g/mol. The van der Waals surface area contributed by atoms with Gasteiger partial charge in [-0.3, -0.25) is 9.59 Å². The van der Waals surface area contributed by atoms with Gasteiger partial charge in [0, 0.05) is 55.2 Å². The molecule has 0 saturated heterocycles. The van der Waals surface area contributed by atoms with Crippen LogP contribution in [0.2, 0.25) is 0 Å². The number of oxime groups is 1. The van der Waals surface area contributed by atoms with Gasteiger partial charge in [-0.2, -0.15) is 0 Å². The molecular formula is C35H33NO4S2. The van der Waals surface area contributed by atoms with Crippen molar-refractivity contribution in [1.29, 1.82) is 0 Å². The number of ketones is 2. The van der Waals surface area contributed by atoms with E-state index in [4.69, 9.17) is 4.84 Å². The molecule has 0 aliphatic rings. The zero-order chi connectivity index (χ0) is 29.9. The smallest absolute Gasteiger partial charge is 0.318 e. The van der Waals surface area contributed by atoms with Gasteiger partial charge in [-0.05, 0) is 73.5 Å². The topological polar surface area (TPSA) is 72.8 Å². The van der Waals surface area contributed by atoms with Crippen molar-refractivity contribution in [3.8, 4) is 0 Å². The Labute approximate surface area is 255 Å². The molecule has 0 aliphatic carbocycles. The molecular weight excluding hydrogens is 563 g/mol. The van der Waals surface area contributed by atoms with E-state index in [2.05, 4.69) is 5.16 Å². The molecule has 0 radical (unpaired) electrons. The summed E-state index contributed by atoms with van der Waals surface area (Å²) < 4.78 is 0. The molecule has 4 aromatic rings. The fourth-order valence-electron chi connectivity index (χ4n) is 4.23. The average Bonchev–Trinajstić information content (AvgIpc) is 3.00. The number of hydrogen-bond donors (Lipinski definition) is 0. The van der Waals surface area contributed by atoms with E-state index in [1.165, 1.54) is 18.7 Å². The predicted molar refractivity (Wildman–Crippen MR) is 170 cm³/mol. The normalized spacial score (nSPS) is 11.3. The molecule has 0 aliphatic heterocycles. The van der Waals surface area contributed by atoms with Crippen molar-refractivity contribution in [2.75, 3.05) is 0 Å². The molecule has 0 atom stereocenters. The Bertz CT molecular complexity index is 1560. The van der Waals surface area contributed by atoms with Crippen LogP contribution in [0.4, 0.5) is 0 Å². The molecule has 7 heteroatoms. The number of hydrogen-bond acceptors (Lipinski definition) is 7. The molecule has 0 N–H and O–H groups in total. The first-order chi connectivity index (χ1) is 20.4. The van der Waals surface area contributed by atoms with Crippen LogP contribution >= 0.6 is 23.5 Å². The minimum Gasteiger partial charge on any atom is -0.318 e. The van der Waals surface area contributed by atoms with Crippen molar-refractivity contribution < 1.29 is 19.2 Å². The standard InChI is InChI=1S/C35H33NO4S2/c1-4-9-32(36-40-24(3)37)27-17-22-31(34(23-27)42-28-11-7-6-8-12-28)35(39)26-15-20-30(21-16-26)41-29-18-13-25(14-19-29)33(38)10-5-2/h6-8,11-23H,4-5,9-10H2,1-3H3. The molecule has 0 bridgehead atoms. The van der Waals surface area contributed by atoms with E-state index in [1.54, 1.807) is 11.8 Å². The predicted octanol–water partition coefficient (Wildman–Crippen LogP) is 9.27. The summed E-state index contributed by atoms with van der Waals surface area (Å²) in [7, 11) is 0. The molecule has 42 heavy (non-hydrogen) atoms. The summed E-state index contributed by atoms with van der Waals surface area (Å²) in [5.74, 6) is -0.396. The first-order valence-corrected chi connectivity index (χ1v) is 15.6. The molecule has 0 unspecified atom stereocenters. The van der Waals surface area contributed by atoms with Crippen LogP contribution in [0, 0.1) is 0 Å². The Morgan fingerprint density at radius 1 is 0.667 bits per heavy atom. The molecule has 4 aromatic carbocycles. The molecule has 5 nitrogen and oxygen atoms in total. The maximum absolute atomic E-state index is 13.8. The third-order valence-electron chi connectivity index (χ3n) is 6.31. The third kappa shape index (κ3) is 8.54. The Balaban J connectivity index is 1.58. The van der Waals surface area contributed by atoms with Gasteiger partial charge in [-0.1, -0.05) is 85.3 Å². The fourth-order valence-corrected chi connectivity index (χ4v) is 6.05. The summed E-state index contributed by atoms with van der Waals surface area (Å²) in [5.41, 5.74) is 3.37. The minimum absolute atomic E-state index is 0.0794. The Hall–Kier alpha value is -3.94. The van der Waals surface area contributed by atoms with Crippen molar-refractivity contribution in [3.05, 3.63) is 119 Å².